The molecule has 0 radical (unpaired) electrons. The lowest BCUT2D eigenvalue weighted by Gasteiger charge is -2.22. The summed E-state index contributed by atoms with van der Waals surface area (Å²) in [5, 5.41) is 0. The van der Waals surface area contributed by atoms with Crippen LogP contribution in [0.1, 0.15) is 66.7 Å². The van der Waals surface area contributed by atoms with Crippen LogP contribution >= 0.6 is 0 Å². The predicted molar refractivity (Wildman–Crippen MR) is 89.4 cm³/mol. The Morgan fingerprint density at radius 3 is 2.21 bits per heavy atom. The van der Waals surface area contributed by atoms with Crippen LogP contribution in [0.3, 0.4) is 0 Å². The van der Waals surface area contributed by atoms with Gasteiger partial charge in [-0.2, -0.15) is 0 Å². The average Bonchev–Trinajstić information content (AvgIpc) is 2.39. The molecule has 19 heavy (non-hydrogen) atoms. The molecule has 0 aromatic heterocycles. The van der Waals surface area contributed by atoms with Crippen molar-refractivity contribution >= 4 is 0 Å². The number of rotatable bonds is 9. The Balaban J connectivity index is 5.26. The Morgan fingerprint density at radius 1 is 1.11 bits per heavy atom. The van der Waals surface area contributed by atoms with E-state index >= 15 is 0 Å². The van der Waals surface area contributed by atoms with Crippen LogP contribution in [0.2, 0.25) is 0 Å². The van der Waals surface area contributed by atoms with Gasteiger partial charge >= 0.3 is 0 Å². The van der Waals surface area contributed by atoms with Gasteiger partial charge in [-0.1, -0.05) is 69.6 Å². The second kappa shape index (κ2) is 10.8. The van der Waals surface area contributed by atoms with Gasteiger partial charge in [-0.15, -0.1) is 0 Å². The van der Waals surface area contributed by atoms with E-state index in [0.29, 0.717) is 5.92 Å². The molecule has 108 valence electrons. The van der Waals surface area contributed by atoms with E-state index < -0.39 is 0 Å². The Hall–Kier alpha value is -1.04. The summed E-state index contributed by atoms with van der Waals surface area (Å²) in [6.07, 6.45) is 14.9. The van der Waals surface area contributed by atoms with Crippen molar-refractivity contribution in [3.8, 4) is 0 Å². The van der Waals surface area contributed by atoms with Crippen molar-refractivity contribution in [2.45, 2.75) is 66.7 Å². The SMILES string of the molecule is C=C/C=C\C(=C(C)C)/C(=C\C)C(CCC)CCCC. The lowest BCUT2D eigenvalue weighted by atomic mass is 9.83. The van der Waals surface area contributed by atoms with Crippen molar-refractivity contribution < 1.29 is 0 Å². The van der Waals surface area contributed by atoms with E-state index in [0.717, 1.165) is 0 Å². The maximum atomic E-state index is 3.78. The van der Waals surface area contributed by atoms with Crippen molar-refractivity contribution in [3.63, 3.8) is 0 Å². The number of hydrogen-bond donors (Lipinski definition) is 0. The van der Waals surface area contributed by atoms with Crippen molar-refractivity contribution in [1.82, 2.24) is 0 Å². The largest absolute Gasteiger partial charge is 0.0991 e. The third kappa shape index (κ3) is 6.61. The highest BCUT2D eigenvalue weighted by Crippen LogP contribution is 2.31. The first kappa shape index (κ1) is 18.0. The van der Waals surface area contributed by atoms with Gasteiger partial charge < -0.3 is 0 Å². The normalized spacial score (nSPS) is 13.6. The minimum atomic E-state index is 0.703. The van der Waals surface area contributed by atoms with E-state index in [9.17, 15) is 0 Å². The Kier molecular flexibility index (Phi) is 10.2. The van der Waals surface area contributed by atoms with Crippen molar-refractivity contribution in [1.29, 1.82) is 0 Å². The van der Waals surface area contributed by atoms with E-state index in [2.05, 4.69) is 59.4 Å². The first-order valence-corrected chi connectivity index (χ1v) is 7.75. The van der Waals surface area contributed by atoms with Crippen LogP contribution in [0.5, 0.6) is 0 Å². The summed E-state index contributed by atoms with van der Waals surface area (Å²) in [5.74, 6) is 0.703. The van der Waals surface area contributed by atoms with Gasteiger partial charge in [0, 0.05) is 0 Å². The van der Waals surface area contributed by atoms with Gasteiger partial charge in [0.25, 0.3) is 0 Å². The topological polar surface area (TPSA) is 0 Å². The summed E-state index contributed by atoms with van der Waals surface area (Å²) < 4.78 is 0. The maximum absolute atomic E-state index is 3.78. The smallest absolute Gasteiger partial charge is 0.0159 e. The summed E-state index contributed by atoms with van der Waals surface area (Å²) in [6, 6.07) is 0. The highest BCUT2D eigenvalue weighted by molar-refractivity contribution is 5.44. The molecule has 0 saturated carbocycles. The molecule has 0 heterocycles. The molecule has 0 bridgehead atoms. The molecule has 1 unspecified atom stereocenters. The summed E-state index contributed by atoms with van der Waals surface area (Å²) in [4.78, 5) is 0. The Morgan fingerprint density at radius 2 is 1.79 bits per heavy atom. The number of unbranched alkanes of at least 4 members (excludes halogenated alkanes) is 1. The van der Waals surface area contributed by atoms with Gasteiger partial charge in [-0.25, -0.2) is 0 Å². The monoisotopic (exact) mass is 260 g/mol. The zero-order valence-corrected chi connectivity index (χ0v) is 13.6. The minimum absolute atomic E-state index is 0.703. The summed E-state index contributed by atoms with van der Waals surface area (Å²) >= 11 is 0. The van der Waals surface area contributed by atoms with E-state index in [4.69, 9.17) is 0 Å². The minimum Gasteiger partial charge on any atom is -0.0991 e. The molecular weight excluding hydrogens is 228 g/mol. The molecule has 0 aromatic rings. The standard InChI is InChI=1S/C19H32/c1-7-11-14-17(13-9-3)18(10-4)19(16(5)6)15-12-8-2/h8,10,12,15,17H,2,7,9,11,13-14H2,1,3-6H3/b15-12-,18-10-. The Bertz CT molecular complexity index is 335. The molecule has 0 saturated heterocycles. The predicted octanol–water partition coefficient (Wildman–Crippen LogP) is 6.62. The van der Waals surface area contributed by atoms with E-state index in [-0.39, 0.29) is 0 Å². The molecule has 1 atom stereocenters. The molecule has 0 aliphatic rings. The van der Waals surface area contributed by atoms with Crippen LogP contribution in [-0.2, 0) is 0 Å². The summed E-state index contributed by atoms with van der Waals surface area (Å²) in [7, 11) is 0. The molecule has 0 aliphatic heterocycles. The highest BCUT2D eigenvalue weighted by Gasteiger charge is 2.15. The lowest BCUT2D eigenvalue weighted by molar-refractivity contribution is 0.493. The van der Waals surface area contributed by atoms with Crippen LogP contribution in [0, 0.1) is 5.92 Å². The first-order chi connectivity index (χ1) is 9.12. The van der Waals surface area contributed by atoms with E-state index in [1.54, 1.807) is 0 Å². The van der Waals surface area contributed by atoms with Gasteiger partial charge in [-0.3, -0.25) is 0 Å². The molecule has 0 aliphatic carbocycles. The van der Waals surface area contributed by atoms with Crippen LogP contribution in [0.4, 0.5) is 0 Å². The average molecular weight is 260 g/mol. The number of hydrogen-bond acceptors (Lipinski definition) is 0. The fourth-order valence-corrected chi connectivity index (χ4v) is 2.58. The molecule has 0 N–H and O–H groups in total. The maximum Gasteiger partial charge on any atom is -0.0159 e. The summed E-state index contributed by atoms with van der Waals surface area (Å²) in [6.45, 7) is 14.9. The molecular formula is C19H32. The molecule has 0 spiro atoms. The van der Waals surface area contributed by atoms with Crippen molar-refractivity contribution in [3.05, 3.63) is 47.6 Å². The number of allylic oxidation sites excluding steroid dienone is 7. The molecule has 0 amide bonds. The van der Waals surface area contributed by atoms with Crippen LogP contribution in [0.15, 0.2) is 47.6 Å². The van der Waals surface area contributed by atoms with Crippen LogP contribution < -0.4 is 0 Å². The third-order valence-corrected chi connectivity index (χ3v) is 3.54. The second-order valence-corrected chi connectivity index (χ2v) is 5.38. The molecule has 0 aromatic carbocycles. The van der Waals surface area contributed by atoms with Gasteiger partial charge in [0.1, 0.15) is 0 Å². The van der Waals surface area contributed by atoms with E-state index in [1.165, 1.54) is 48.8 Å². The fraction of sp³-hybridized carbons (Fsp3) is 0.579. The van der Waals surface area contributed by atoms with Gasteiger partial charge in [0.05, 0.1) is 0 Å². The molecule has 0 heteroatoms. The van der Waals surface area contributed by atoms with Crippen molar-refractivity contribution in [2.24, 2.45) is 5.92 Å². The van der Waals surface area contributed by atoms with Gasteiger partial charge in [0.15, 0.2) is 0 Å². The molecule has 0 rings (SSSR count). The van der Waals surface area contributed by atoms with Gasteiger partial charge in [0.2, 0.25) is 0 Å². The van der Waals surface area contributed by atoms with E-state index in [1.807, 2.05) is 6.08 Å². The highest BCUT2D eigenvalue weighted by atomic mass is 14.2. The third-order valence-electron chi connectivity index (χ3n) is 3.54. The zero-order chi connectivity index (χ0) is 14.7. The fourth-order valence-electron chi connectivity index (χ4n) is 2.58. The molecule has 0 nitrogen and oxygen atoms in total. The zero-order valence-electron chi connectivity index (χ0n) is 13.6. The first-order valence-electron chi connectivity index (χ1n) is 7.75. The second-order valence-electron chi connectivity index (χ2n) is 5.38. The summed E-state index contributed by atoms with van der Waals surface area (Å²) in [5.41, 5.74) is 4.31. The Labute approximate surface area is 121 Å². The van der Waals surface area contributed by atoms with Crippen LogP contribution in [0.25, 0.3) is 0 Å². The lowest BCUT2D eigenvalue weighted by Crippen LogP contribution is -2.07. The quantitative estimate of drug-likeness (QED) is 0.409. The van der Waals surface area contributed by atoms with Crippen molar-refractivity contribution in [2.75, 3.05) is 0 Å². The van der Waals surface area contributed by atoms with Crippen LogP contribution in [-0.4, -0.2) is 0 Å². The molecule has 0 fully saturated rings. The van der Waals surface area contributed by atoms with Gasteiger partial charge in [-0.05, 0) is 50.7 Å².